The van der Waals surface area contributed by atoms with Crippen LogP contribution in [0.1, 0.15) is 99.3 Å². The van der Waals surface area contributed by atoms with E-state index in [2.05, 4.69) is 38.3 Å². The van der Waals surface area contributed by atoms with E-state index >= 15 is 0 Å². The Labute approximate surface area is 255 Å². The van der Waals surface area contributed by atoms with Gasteiger partial charge in [-0.1, -0.05) is 60.8 Å². The number of hydrogen-bond acceptors (Lipinski definition) is 8. The Morgan fingerprint density at radius 1 is 0.878 bits per heavy atom. The topological polar surface area (TPSA) is 151 Å². The maximum atomic E-state index is 12.1. The summed E-state index contributed by atoms with van der Waals surface area (Å²) in [6.45, 7) is 14.1. The number of rotatable bonds is 20. The van der Waals surface area contributed by atoms with Gasteiger partial charge in [0.25, 0.3) is 0 Å². The Hall–Kier alpha value is -1.98. The second-order valence-electron chi connectivity index (χ2n) is 10.2. The molecule has 0 aliphatic carbocycles. The van der Waals surface area contributed by atoms with Crippen molar-refractivity contribution in [2.45, 2.75) is 111 Å². The molecular formula is C30H63N5O5S. The fourth-order valence-electron chi connectivity index (χ4n) is 3.37. The van der Waals surface area contributed by atoms with Crippen LogP contribution in [0, 0.1) is 5.92 Å². The number of nitrogens with one attached hydrogen (secondary N) is 2. The minimum absolute atomic E-state index is 0. The standard InChI is InChI=1S/C20H36N2O4S.C7H16N2O.C3H8.H3N/c1-5-6-12-27-17(14-23)13-19(25)21-11-9-7-8-10-20(26)22(4)18(15-24)16(2)3;1-4-5-9(3)7(10)6-8-2;1-3-2;/h14-18H,5-13H2,1-4H3,(H,21,25);8H,4-6H2,1-3H3;3H2,1-2H3;1H3. The van der Waals surface area contributed by atoms with E-state index in [1.807, 2.05) is 20.9 Å². The molecule has 5 N–H and O–H groups in total. The number of hydrogen-bond donors (Lipinski definition) is 3. The molecule has 0 saturated heterocycles. The van der Waals surface area contributed by atoms with Crippen molar-refractivity contribution in [3.05, 3.63) is 0 Å². The van der Waals surface area contributed by atoms with Crippen LogP contribution in [0.5, 0.6) is 0 Å². The Morgan fingerprint density at radius 3 is 1.95 bits per heavy atom. The molecule has 0 fully saturated rings. The molecule has 0 saturated carbocycles. The lowest BCUT2D eigenvalue weighted by atomic mass is 10.0. The van der Waals surface area contributed by atoms with E-state index in [0.29, 0.717) is 19.5 Å². The maximum Gasteiger partial charge on any atom is 0.236 e. The van der Waals surface area contributed by atoms with Crippen LogP contribution in [-0.2, 0) is 24.0 Å². The number of nitrogens with zero attached hydrogens (tertiary/aromatic N) is 2. The van der Waals surface area contributed by atoms with Gasteiger partial charge in [-0.3, -0.25) is 14.4 Å². The van der Waals surface area contributed by atoms with Gasteiger partial charge in [0.1, 0.15) is 12.6 Å². The second-order valence-corrected chi connectivity index (χ2v) is 11.5. The van der Waals surface area contributed by atoms with E-state index < -0.39 is 0 Å². The Balaban J connectivity index is -0.000000407. The van der Waals surface area contributed by atoms with E-state index in [1.165, 1.54) is 23.1 Å². The zero-order valence-corrected chi connectivity index (χ0v) is 28.4. The summed E-state index contributed by atoms with van der Waals surface area (Å²) in [5, 5.41) is 5.39. The van der Waals surface area contributed by atoms with Crippen molar-refractivity contribution in [2.75, 3.05) is 46.5 Å². The summed E-state index contributed by atoms with van der Waals surface area (Å²) < 4.78 is 0. The normalized spacial score (nSPS) is 11.4. The zero-order chi connectivity index (χ0) is 31.3. The number of unbranched alkanes of at least 4 members (excludes halogenated alkanes) is 3. The molecule has 0 aromatic heterocycles. The molecule has 0 aliphatic heterocycles. The summed E-state index contributed by atoms with van der Waals surface area (Å²) in [4.78, 5) is 60.3. The highest BCUT2D eigenvalue weighted by Crippen LogP contribution is 2.14. The Morgan fingerprint density at radius 2 is 1.49 bits per heavy atom. The molecule has 41 heavy (non-hydrogen) atoms. The van der Waals surface area contributed by atoms with Crippen LogP contribution in [0.3, 0.4) is 0 Å². The number of likely N-dealkylation sites (N-methyl/N-ethyl adjacent to an activating group) is 3. The fourth-order valence-corrected chi connectivity index (χ4v) is 4.48. The molecule has 0 aromatic carbocycles. The number of thioether (sulfide) groups is 1. The predicted molar refractivity (Wildman–Crippen MR) is 174 cm³/mol. The van der Waals surface area contributed by atoms with Gasteiger partial charge in [0.2, 0.25) is 17.7 Å². The number of amides is 3. The fraction of sp³-hybridized carbons (Fsp3) is 0.833. The second kappa shape index (κ2) is 32.5. The van der Waals surface area contributed by atoms with E-state index in [0.717, 1.165) is 63.4 Å². The summed E-state index contributed by atoms with van der Waals surface area (Å²) >= 11 is 1.54. The van der Waals surface area contributed by atoms with E-state index in [1.54, 1.807) is 19.0 Å². The monoisotopic (exact) mass is 605 g/mol. The molecule has 10 nitrogen and oxygen atoms in total. The van der Waals surface area contributed by atoms with Crippen LogP contribution in [0.25, 0.3) is 0 Å². The highest BCUT2D eigenvalue weighted by Gasteiger charge is 2.21. The largest absolute Gasteiger partial charge is 0.356 e. The van der Waals surface area contributed by atoms with Crippen molar-refractivity contribution in [3.8, 4) is 0 Å². The van der Waals surface area contributed by atoms with E-state index in [4.69, 9.17) is 0 Å². The smallest absolute Gasteiger partial charge is 0.236 e. The lowest BCUT2D eigenvalue weighted by molar-refractivity contribution is -0.136. The average molecular weight is 606 g/mol. The van der Waals surface area contributed by atoms with Gasteiger partial charge in [-0.25, -0.2) is 0 Å². The highest BCUT2D eigenvalue weighted by atomic mass is 32.2. The van der Waals surface area contributed by atoms with Crippen LogP contribution in [0.4, 0.5) is 0 Å². The van der Waals surface area contributed by atoms with Crippen LogP contribution >= 0.6 is 11.8 Å². The van der Waals surface area contributed by atoms with Gasteiger partial charge in [0.15, 0.2) is 0 Å². The predicted octanol–water partition coefficient (Wildman–Crippen LogP) is 4.49. The third kappa shape index (κ3) is 27.9. The summed E-state index contributed by atoms with van der Waals surface area (Å²) in [5.41, 5.74) is 0. The van der Waals surface area contributed by atoms with Crippen molar-refractivity contribution in [1.29, 1.82) is 0 Å². The lowest BCUT2D eigenvalue weighted by Crippen LogP contribution is -2.41. The van der Waals surface area contributed by atoms with Crippen molar-refractivity contribution < 1.29 is 24.0 Å². The van der Waals surface area contributed by atoms with Gasteiger partial charge in [0.05, 0.1) is 17.8 Å². The van der Waals surface area contributed by atoms with Crippen molar-refractivity contribution in [1.82, 2.24) is 26.6 Å². The zero-order valence-electron chi connectivity index (χ0n) is 27.6. The van der Waals surface area contributed by atoms with Crippen molar-refractivity contribution >= 4 is 42.1 Å². The van der Waals surface area contributed by atoms with Gasteiger partial charge >= 0.3 is 0 Å². The molecule has 3 amide bonds. The molecule has 0 aromatic rings. The van der Waals surface area contributed by atoms with Crippen LogP contribution in [0.15, 0.2) is 0 Å². The van der Waals surface area contributed by atoms with Crippen molar-refractivity contribution in [2.24, 2.45) is 5.92 Å². The molecule has 0 rings (SSSR count). The first-order valence-electron chi connectivity index (χ1n) is 14.9. The Kier molecular flexibility index (Phi) is 36.5. The van der Waals surface area contributed by atoms with Gasteiger partial charge < -0.3 is 36.2 Å². The first kappa shape index (κ1) is 46.0. The molecule has 244 valence electrons. The molecule has 0 aliphatic rings. The lowest BCUT2D eigenvalue weighted by Gasteiger charge is -2.26. The third-order valence-electron chi connectivity index (χ3n) is 5.73. The van der Waals surface area contributed by atoms with Crippen LogP contribution in [0.2, 0.25) is 0 Å². The quantitative estimate of drug-likeness (QED) is 0.136. The van der Waals surface area contributed by atoms with Crippen LogP contribution < -0.4 is 16.8 Å². The average Bonchev–Trinajstić information content (AvgIpc) is 2.91. The van der Waals surface area contributed by atoms with Gasteiger partial charge in [0, 0.05) is 40.0 Å². The number of carbonyl (C=O) groups is 5. The molecule has 2 atom stereocenters. The van der Waals surface area contributed by atoms with Crippen molar-refractivity contribution in [3.63, 3.8) is 0 Å². The van der Waals surface area contributed by atoms with Gasteiger partial charge in [-0.15, -0.1) is 0 Å². The molecule has 0 bridgehead atoms. The molecule has 0 spiro atoms. The van der Waals surface area contributed by atoms with Gasteiger partial charge in [-0.05, 0) is 44.4 Å². The van der Waals surface area contributed by atoms with Gasteiger partial charge in [-0.2, -0.15) is 11.8 Å². The Bertz CT molecular complexity index is 667. The third-order valence-corrected chi connectivity index (χ3v) is 6.96. The summed E-state index contributed by atoms with van der Waals surface area (Å²) in [5.74, 6) is 1.03. The number of aldehydes is 2. The molecule has 0 radical (unpaired) electrons. The maximum absolute atomic E-state index is 12.1. The summed E-state index contributed by atoms with van der Waals surface area (Å²) in [6.07, 6.45) is 9.06. The summed E-state index contributed by atoms with van der Waals surface area (Å²) in [7, 11) is 5.27. The minimum Gasteiger partial charge on any atom is -0.356 e. The molecule has 0 heterocycles. The molecule has 11 heteroatoms. The first-order valence-corrected chi connectivity index (χ1v) is 16.0. The number of carbonyl (C=O) groups excluding carboxylic acids is 5. The van der Waals surface area contributed by atoms with E-state index in [9.17, 15) is 24.0 Å². The van der Waals surface area contributed by atoms with Crippen LogP contribution in [-0.4, -0.2) is 97.9 Å². The SMILES string of the molecule is CCC.CCCCSC(C=O)CC(=O)NCCCCCC(=O)N(C)C(C=O)C(C)C.CCCN(C)C(=O)CNC.N. The molecule has 2 unspecified atom stereocenters. The minimum atomic E-state index is -0.377. The highest BCUT2D eigenvalue weighted by molar-refractivity contribution is 8.00. The first-order chi connectivity index (χ1) is 19.0. The molecular weight excluding hydrogens is 542 g/mol. The van der Waals surface area contributed by atoms with E-state index in [-0.39, 0.29) is 47.5 Å². The summed E-state index contributed by atoms with van der Waals surface area (Å²) in [6, 6.07) is -0.377.